The molecule has 2 N–H and O–H groups in total. The van der Waals surface area contributed by atoms with Crippen LogP contribution in [0, 0.1) is 5.82 Å². The number of carbonyl (C=O) groups is 1. The lowest BCUT2D eigenvalue weighted by atomic mass is 10.1. The van der Waals surface area contributed by atoms with E-state index in [-0.39, 0.29) is 21.9 Å². The Morgan fingerprint density at radius 1 is 1.08 bits per heavy atom. The molecule has 1 aliphatic rings. The molecule has 0 aromatic heterocycles. The standard InChI is InChI=1S/C18H18ClFN2O3S/c19-16-11-15(9-10-17(16)20)26(24,25)22-14-7-5-12(6-8-14)18(23)21-13-3-1-2-4-13/h5-11,13,22H,1-4H2,(H,21,23). The summed E-state index contributed by atoms with van der Waals surface area (Å²) < 4.78 is 40.3. The van der Waals surface area contributed by atoms with Gasteiger partial charge in [0, 0.05) is 17.3 Å². The van der Waals surface area contributed by atoms with Crippen molar-refractivity contribution in [1.82, 2.24) is 5.32 Å². The molecule has 1 fully saturated rings. The third-order valence-electron chi connectivity index (χ3n) is 4.29. The number of benzene rings is 2. The first-order valence-electron chi connectivity index (χ1n) is 8.24. The molecule has 0 bridgehead atoms. The molecule has 0 heterocycles. The van der Waals surface area contributed by atoms with Gasteiger partial charge in [0.2, 0.25) is 0 Å². The third kappa shape index (κ3) is 4.34. The van der Waals surface area contributed by atoms with Crippen molar-refractivity contribution in [3.05, 3.63) is 58.9 Å². The van der Waals surface area contributed by atoms with Gasteiger partial charge < -0.3 is 5.32 Å². The molecule has 8 heteroatoms. The summed E-state index contributed by atoms with van der Waals surface area (Å²) in [6, 6.07) is 9.50. The minimum absolute atomic E-state index is 0.146. The van der Waals surface area contributed by atoms with Crippen molar-refractivity contribution in [3.8, 4) is 0 Å². The fraction of sp³-hybridized carbons (Fsp3) is 0.278. The maximum absolute atomic E-state index is 13.2. The van der Waals surface area contributed by atoms with E-state index in [9.17, 15) is 17.6 Å². The van der Waals surface area contributed by atoms with Crippen molar-refractivity contribution < 1.29 is 17.6 Å². The van der Waals surface area contributed by atoms with Crippen molar-refractivity contribution in [2.45, 2.75) is 36.6 Å². The molecule has 2 aromatic rings. The highest BCUT2D eigenvalue weighted by Gasteiger charge is 2.19. The Kier molecular flexibility index (Phi) is 5.48. The fourth-order valence-corrected chi connectivity index (χ4v) is 4.22. The second-order valence-electron chi connectivity index (χ2n) is 6.21. The number of carbonyl (C=O) groups excluding carboxylic acids is 1. The lowest BCUT2D eigenvalue weighted by molar-refractivity contribution is 0.0938. The quantitative estimate of drug-likeness (QED) is 0.803. The summed E-state index contributed by atoms with van der Waals surface area (Å²) in [7, 11) is -3.91. The van der Waals surface area contributed by atoms with Gasteiger partial charge >= 0.3 is 0 Å². The Labute approximate surface area is 156 Å². The van der Waals surface area contributed by atoms with Gasteiger partial charge in [0.25, 0.3) is 15.9 Å². The van der Waals surface area contributed by atoms with E-state index in [0.717, 1.165) is 43.9 Å². The average Bonchev–Trinajstić information content (AvgIpc) is 3.10. The number of anilines is 1. The monoisotopic (exact) mass is 396 g/mol. The smallest absolute Gasteiger partial charge is 0.261 e. The number of sulfonamides is 1. The molecule has 5 nitrogen and oxygen atoms in total. The van der Waals surface area contributed by atoms with Crippen LogP contribution >= 0.6 is 11.6 Å². The Balaban J connectivity index is 1.69. The van der Waals surface area contributed by atoms with Crippen LogP contribution in [0.25, 0.3) is 0 Å². The molecule has 1 aliphatic carbocycles. The maximum atomic E-state index is 13.2. The first-order chi connectivity index (χ1) is 12.3. The summed E-state index contributed by atoms with van der Waals surface area (Å²) in [6.45, 7) is 0. The second kappa shape index (κ2) is 7.63. The molecule has 0 radical (unpaired) electrons. The summed E-state index contributed by atoms with van der Waals surface area (Å²) in [4.78, 5) is 12.0. The van der Waals surface area contributed by atoms with Crippen molar-refractivity contribution >= 4 is 33.2 Å². The molecule has 1 amide bonds. The van der Waals surface area contributed by atoms with Gasteiger partial charge in [-0.25, -0.2) is 12.8 Å². The largest absolute Gasteiger partial charge is 0.349 e. The highest BCUT2D eigenvalue weighted by Crippen LogP contribution is 2.22. The van der Waals surface area contributed by atoms with Crippen LogP contribution in [0.3, 0.4) is 0 Å². The number of rotatable bonds is 5. The number of halogens is 2. The third-order valence-corrected chi connectivity index (χ3v) is 5.96. The molecule has 0 unspecified atom stereocenters. The number of hydrogen-bond acceptors (Lipinski definition) is 3. The van der Waals surface area contributed by atoms with Crippen LogP contribution in [0.2, 0.25) is 5.02 Å². The molecule has 2 aromatic carbocycles. The van der Waals surface area contributed by atoms with Crippen LogP contribution in [0.5, 0.6) is 0 Å². The molecule has 0 spiro atoms. The van der Waals surface area contributed by atoms with Gasteiger partial charge in [-0.05, 0) is 55.3 Å². The van der Waals surface area contributed by atoms with E-state index < -0.39 is 15.8 Å². The van der Waals surface area contributed by atoms with Gasteiger partial charge in [-0.15, -0.1) is 0 Å². The molecule has 3 rings (SSSR count). The average molecular weight is 397 g/mol. The van der Waals surface area contributed by atoms with E-state index in [4.69, 9.17) is 11.6 Å². The normalized spacial score (nSPS) is 15.0. The molecule has 1 saturated carbocycles. The van der Waals surface area contributed by atoms with Crippen LogP contribution in [0.4, 0.5) is 10.1 Å². The molecular formula is C18H18ClFN2O3S. The Hall–Kier alpha value is -2.12. The lowest BCUT2D eigenvalue weighted by Gasteiger charge is -2.12. The van der Waals surface area contributed by atoms with Crippen molar-refractivity contribution in [1.29, 1.82) is 0 Å². The van der Waals surface area contributed by atoms with Gasteiger partial charge in [0.15, 0.2) is 0 Å². The number of hydrogen-bond donors (Lipinski definition) is 2. The molecule has 0 aliphatic heterocycles. The van der Waals surface area contributed by atoms with Gasteiger partial charge in [-0.3, -0.25) is 9.52 Å². The zero-order valence-corrected chi connectivity index (χ0v) is 15.4. The lowest BCUT2D eigenvalue weighted by Crippen LogP contribution is -2.32. The predicted molar refractivity (Wildman–Crippen MR) is 98.4 cm³/mol. The molecule has 0 saturated heterocycles. The SMILES string of the molecule is O=C(NC1CCCC1)c1ccc(NS(=O)(=O)c2ccc(F)c(Cl)c2)cc1. The molecular weight excluding hydrogens is 379 g/mol. The van der Waals surface area contributed by atoms with Crippen molar-refractivity contribution in [2.24, 2.45) is 0 Å². The highest BCUT2D eigenvalue weighted by atomic mass is 35.5. The van der Waals surface area contributed by atoms with Gasteiger partial charge in [-0.2, -0.15) is 0 Å². The minimum atomic E-state index is -3.91. The van der Waals surface area contributed by atoms with Gasteiger partial charge in [0.1, 0.15) is 5.82 Å². The summed E-state index contributed by atoms with van der Waals surface area (Å²) in [6.07, 6.45) is 4.23. The molecule has 26 heavy (non-hydrogen) atoms. The van der Waals surface area contributed by atoms with E-state index in [2.05, 4.69) is 10.0 Å². The number of amides is 1. The van der Waals surface area contributed by atoms with Crippen LogP contribution in [0.15, 0.2) is 47.4 Å². The minimum Gasteiger partial charge on any atom is -0.349 e. The van der Waals surface area contributed by atoms with E-state index in [1.165, 1.54) is 12.1 Å². The summed E-state index contributed by atoms with van der Waals surface area (Å²) in [5, 5.41) is 2.70. The van der Waals surface area contributed by atoms with Crippen LogP contribution in [-0.2, 0) is 10.0 Å². The number of nitrogens with one attached hydrogen (secondary N) is 2. The maximum Gasteiger partial charge on any atom is 0.261 e. The summed E-state index contributed by atoms with van der Waals surface area (Å²) in [5.74, 6) is -0.861. The topological polar surface area (TPSA) is 75.3 Å². The Morgan fingerprint density at radius 2 is 1.73 bits per heavy atom. The van der Waals surface area contributed by atoms with Crippen LogP contribution < -0.4 is 10.0 Å². The highest BCUT2D eigenvalue weighted by molar-refractivity contribution is 7.92. The Bertz CT molecular complexity index is 911. The van der Waals surface area contributed by atoms with E-state index in [1.807, 2.05) is 0 Å². The van der Waals surface area contributed by atoms with Gasteiger partial charge in [0.05, 0.1) is 9.92 Å². The predicted octanol–water partition coefficient (Wildman–Crippen LogP) is 3.95. The van der Waals surface area contributed by atoms with Crippen molar-refractivity contribution in [3.63, 3.8) is 0 Å². The fourth-order valence-electron chi connectivity index (χ4n) is 2.89. The molecule has 138 valence electrons. The summed E-state index contributed by atoms with van der Waals surface area (Å²) >= 11 is 5.64. The Morgan fingerprint density at radius 3 is 2.35 bits per heavy atom. The van der Waals surface area contributed by atoms with Crippen molar-refractivity contribution in [2.75, 3.05) is 4.72 Å². The van der Waals surface area contributed by atoms with E-state index in [0.29, 0.717) is 11.3 Å². The molecule has 0 atom stereocenters. The zero-order valence-electron chi connectivity index (χ0n) is 13.8. The van der Waals surface area contributed by atoms with Crippen LogP contribution in [-0.4, -0.2) is 20.4 Å². The van der Waals surface area contributed by atoms with Gasteiger partial charge in [-0.1, -0.05) is 24.4 Å². The second-order valence-corrected chi connectivity index (χ2v) is 8.30. The first-order valence-corrected chi connectivity index (χ1v) is 10.1. The summed E-state index contributed by atoms with van der Waals surface area (Å²) in [5.41, 5.74) is 0.757. The van der Waals surface area contributed by atoms with Crippen LogP contribution in [0.1, 0.15) is 36.0 Å². The van der Waals surface area contributed by atoms with E-state index in [1.54, 1.807) is 12.1 Å². The first kappa shape index (κ1) is 18.7. The zero-order chi connectivity index (χ0) is 18.7. The van der Waals surface area contributed by atoms with E-state index >= 15 is 0 Å².